The molecule has 1 saturated heterocycles. The lowest BCUT2D eigenvalue weighted by atomic mass is 9.84. The third kappa shape index (κ3) is 4.76. The third-order valence-electron chi connectivity index (χ3n) is 5.09. The van der Waals surface area contributed by atoms with Crippen molar-refractivity contribution in [1.82, 2.24) is 15.5 Å². The van der Waals surface area contributed by atoms with Gasteiger partial charge in [-0.3, -0.25) is 5.10 Å². The molecule has 0 bridgehead atoms. The number of aromatic amines is 1. The highest BCUT2D eigenvalue weighted by atomic mass is 19.4. The van der Waals surface area contributed by atoms with Gasteiger partial charge in [0.2, 0.25) is 0 Å². The van der Waals surface area contributed by atoms with E-state index in [-0.39, 0.29) is 23.4 Å². The van der Waals surface area contributed by atoms with E-state index in [2.05, 4.69) is 20.3 Å². The first-order valence-corrected chi connectivity index (χ1v) is 9.25. The standard InChI is InChI=1S/C21H19F4N3O/c22-17-3-1-2-14(9-17)19-10-20(28-27-19)16-8-15(11-26-12-16)13-4-6-18(7-5-13)29-21(23,24)25/h1-7,9-10,15-16,26H,8,11-12H2,(H,27,28). The minimum atomic E-state index is -4.70. The van der Waals surface area contributed by atoms with Gasteiger partial charge < -0.3 is 10.1 Å². The lowest BCUT2D eigenvalue weighted by molar-refractivity contribution is -0.274. The van der Waals surface area contributed by atoms with Crippen molar-refractivity contribution >= 4 is 0 Å². The van der Waals surface area contributed by atoms with Crippen molar-refractivity contribution < 1.29 is 22.3 Å². The smallest absolute Gasteiger partial charge is 0.406 e. The molecule has 0 spiro atoms. The highest BCUT2D eigenvalue weighted by Crippen LogP contribution is 2.34. The van der Waals surface area contributed by atoms with Gasteiger partial charge >= 0.3 is 6.36 Å². The molecule has 1 aliphatic heterocycles. The quantitative estimate of drug-likeness (QED) is 0.603. The summed E-state index contributed by atoms with van der Waals surface area (Å²) in [7, 11) is 0. The van der Waals surface area contributed by atoms with Crippen molar-refractivity contribution in [2.24, 2.45) is 0 Å². The highest BCUT2D eigenvalue weighted by molar-refractivity contribution is 5.59. The molecule has 1 aliphatic rings. The molecule has 2 atom stereocenters. The average molecular weight is 405 g/mol. The number of nitrogens with zero attached hydrogens (tertiary/aromatic N) is 1. The molecular formula is C21H19F4N3O. The summed E-state index contributed by atoms with van der Waals surface area (Å²) >= 11 is 0. The Morgan fingerprint density at radius 3 is 2.45 bits per heavy atom. The molecule has 1 aromatic heterocycles. The normalized spacial score (nSPS) is 19.9. The SMILES string of the molecule is Fc1cccc(-c2cc(C3CNCC(c4ccc(OC(F)(F)F)cc4)C3)[nH]n2)c1. The van der Waals surface area contributed by atoms with E-state index in [1.165, 1.54) is 24.3 Å². The van der Waals surface area contributed by atoms with Gasteiger partial charge in [0.1, 0.15) is 11.6 Å². The van der Waals surface area contributed by atoms with Crippen LogP contribution in [0, 0.1) is 5.82 Å². The van der Waals surface area contributed by atoms with E-state index in [0.717, 1.165) is 30.8 Å². The van der Waals surface area contributed by atoms with E-state index in [1.807, 2.05) is 6.07 Å². The van der Waals surface area contributed by atoms with Crippen molar-refractivity contribution in [2.75, 3.05) is 13.1 Å². The molecule has 29 heavy (non-hydrogen) atoms. The van der Waals surface area contributed by atoms with Crippen LogP contribution in [0.4, 0.5) is 17.6 Å². The molecule has 1 fully saturated rings. The van der Waals surface area contributed by atoms with Crippen molar-refractivity contribution in [3.05, 3.63) is 71.7 Å². The second-order valence-electron chi connectivity index (χ2n) is 7.12. The van der Waals surface area contributed by atoms with Crippen LogP contribution < -0.4 is 10.1 Å². The van der Waals surface area contributed by atoms with Crippen LogP contribution in [-0.4, -0.2) is 29.6 Å². The minimum absolute atomic E-state index is 0.148. The van der Waals surface area contributed by atoms with Crippen LogP contribution in [0.2, 0.25) is 0 Å². The Morgan fingerprint density at radius 2 is 1.72 bits per heavy atom. The van der Waals surface area contributed by atoms with Gasteiger partial charge in [0, 0.05) is 30.3 Å². The summed E-state index contributed by atoms with van der Waals surface area (Å²) in [4.78, 5) is 0. The number of hydrogen-bond donors (Lipinski definition) is 2. The number of halogens is 4. The van der Waals surface area contributed by atoms with Crippen LogP contribution in [0.15, 0.2) is 54.6 Å². The van der Waals surface area contributed by atoms with Crippen molar-refractivity contribution in [2.45, 2.75) is 24.6 Å². The van der Waals surface area contributed by atoms with Crippen LogP contribution in [-0.2, 0) is 0 Å². The molecule has 2 N–H and O–H groups in total. The Bertz CT molecular complexity index is 969. The Hall–Kier alpha value is -2.87. The highest BCUT2D eigenvalue weighted by Gasteiger charge is 2.31. The minimum Gasteiger partial charge on any atom is -0.406 e. The number of H-pyrrole nitrogens is 1. The number of rotatable bonds is 4. The predicted molar refractivity (Wildman–Crippen MR) is 100 cm³/mol. The monoisotopic (exact) mass is 405 g/mol. The second kappa shape index (κ2) is 7.87. The molecule has 0 radical (unpaired) electrons. The molecule has 2 heterocycles. The molecule has 0 amide bonds. The molecule has 2 aromatic carbocycles. The van der Waals surface area contributed by atoms with Gasteiger partial charge in [0.25, 0.3) is 0 Å². The van der Waals surface area contributed by atoms with Gasteiger partial charge in [-0.15, -0.1) is 13.2 Å². The van der Waals surface area contributed by atoms with Gasteiger partial charge in [-0.2, -0.15) is 5.10 Å². The average Bonchev–Trinajstić information content (AvgIpc) is 3.18. The van der Waals surface area contributed by atoms with Crippen molar-refractivity contribution in [1.29, 1.82) is 0 Å². The van der Waals surface area contributed by atoms with Gasteiger partial charge in [0.15, 0.2) is 0 Å². The zero-order valence-corrected chi connectivity index (χ0v) is 15.3. The molecule has 3 aromatic rings. The van der Waals surface area contributed by atoms with Crippen LogP contribution in [0.5, 0.6) is 5.75 Å². The summed E-state index contributed by atoms with van der Waals surface area (Å²) in [5.74, 6) is -0.233. The van der Waals surface area contributed by atoms with E-state index in [1.54, 1.807) is 24.3 Å². The Labute approximate surface area is 164 Å². The summed E-state index contributed by atoms with van der Waals surface area (Å²) in [6, 6.07) is 14.2. The van der Waals surface area contributed by atoms with Gasteiger partial charge in [-0.1, -0.05) is 24.3 Å². The maximum absolute atomic E-state index is 13.5. The molecule has 0 aliphatic carbocycles. The Kier molecular flexibility index (Phi) is 5.27. The number of aromatic nitrogens is 2. The van der Waals surface area contributed by atoms with E-state index < -0.39 is 6.36 Å². The number of hydrogen-bond acceptors (Lipinski definition) is 3. The fourth-order valence-electron chi connectivity index (χ4n) is 3.72. The lowest BCUT2D eigenvalue weighted by Crippen LogP contribution is -2.34. The largest absolute Gasteiger partial charge is 0.573 e. The number of nitrogens with one attached hydrogen (secondary N) is 2. The maximum Gasteiger partial charge on any atom is 0.573 e. The molecule has 4 nitrogen and oxygen atoms in total. The Balaban J connectivity index is 1.46. The van der Waals surface area contributed by atoms with E-state index >= 15 is 0 Å². The second-order valence-corrected chi connectivity index (χ2v) is 7.12. The fourth-order valence-corrected chi connectivity index (χ4v) is 3.72. The Morgan fingerprint density at radius 1 is 0.966 bits per heavy atom. The van der Waals surface area contributed by atoms with Crippen LogP contribution in [0.1, 0.15) is 29.5 Å². The van der Waals surface area contributed by atoms with Gasteiger partial charge in [0.05, 0.1) is 5.69 Å². The fraction of sp³-hybridized carbons (Fsp3) is 0.286. The van der Waals surface area contributed by atoms with Crippen molar-refractivity contribution in [3.8, 4) is 17.0 Å². The summed E-state index contributed by atoms with van der Waals surface area (Å²) in [6.45, 7) is 1.50. The molecule has 8 heteroatoms. The van der Waals surface area contributed by atoms with E-state index in [9.17, 15) is 17.6 Å². The van der Waals surface area contributed by atoms with E-state index in [0.29, 0.717) is 11.3 Å². The van der Waals surface area contributed by atoms with Crippen LogP contribution in [0.25, 0.3) is 11.3 Å². The van der Waals surface area contributed by atoms with E-state index in [4.69, 9.17) is 0 Å². The molecule has 0 saturated carbocycles. The summed E-state index contributed by atoms with van der Waals surface area (Å²) < 4.78 is 54.3. The first-order chi connectivity index (χ1) is 13.9. The topological polar surface area (TPSA) is 49.9 Å². The molecular weight excluding hydrogens is 386 g/mol. The zero-order chi connectivity index (χ0) is 20.4. The number of piperidine rings is 1. The predicted octanol–water partition coefficient (Wildman–Crippen LogP) is 4.98. The molecule has 152 valence electrons. The zero-order valence-electron chi connectivity index (χ0n) is 15.3. The third-order valence-corrected chi connectivity index (χ3v) is 5.09. The number of ether oxygens (including phenoxy) is 1. The first-order valence-electron chi connectivity index (χ1n) is 9.25. The maximum atomic E-state index is 13.5. The number of benzene rings is 2. The van der Waals surface area contributed by atoms with Crippen LogP contribution in [0.3, 0.4) is 0 Å². The van der Waals surface area contributed by atoms with Crippen molar-refractivity contribution in [3.63, 3.8) is 0 Å². The van der Waals surface area contributed by atoms with Crippen LogP contribution >= 0.6 is 0 Å². The van der Waals surface area contributed by atoms with Gasteiger partial charge in [-0.05, 0) is 48.2 Å². The molecule has 2 unspecified atom stereocenters. The summed E-state index contributed by atoms with van der Waals surface area (Å²) in [5.41, 5.74) is 3.27. The summed E-state index contributed by atoms with van der Waals surface area (Å²) in [6.07, 6.45) is -3.88. The first kappa shape index (κ1) is 19.4. The number of alkyl halides is 3. The summed E-state index contributed by atoms with van der Waals surface area (Å²) in [5, 5.41) is 10.7. The molecule has 4 rings (SSSR count). The van der Waals surface area contributed by atoms with Gasteiger partial charge in [-0.25, -0.2) is 4.39 Å². The lowest BCUT2D eigenvalue weighted by Gasteiger charge is -2.29.